The van der Waals surface area contributed by atoms with Gasteiger partial charge in [-0.25, -0.2) is 8.78 Å². The summed E-state index contributed by atoms with van der Waals surface area (Å²) in [5.41, 5.74) is 4.18. The number of hydrogen-bond acceptors (Lipinski definition) is 4. The average molecular weight is 199 g/mol. The minimum absolute atomic E-state index is 0.0861. The lowest BCUT2D eigenvalue weighted by atomic mass is 10.1. The van der Waals surface area contributed by atoms with Gasteiger partial charge < -0.3 is 10.8 Å². The van der Waals surface area contributed by atoms with E-state index in [0.29, 0.717) is 0 Å². The molecule has 0 atom stereocenters. The van der Waals surface area contributed by atoms with Gasteiger partial charge >= 0.3 is 0 Å². The molecule has 1 aromatic rings. The van der Waals surface area contributed by atoms with Gasteiger partial charge in [0.1, 0.15) is 5.75 Å². The van der Waals surface area contributed by atoms with Crippen LogP contribution < -0.4 is 5.73 Å². The molecule has 1 rings (SSSR count). The van der Waals surface area contributed by atoms with Gasteiger partial charge in [0, 0.05) is 0 Å². The van der Waals surface area contributed by atoms with Crippen LogP contribution in [0.1, 0.15) is 17.7 Å². The van der Waals surface area contributed by atoms with E-state index in [9.17, 15) is 13.9 Å². The molecule has 0 spiro atoms. The van der Waals surface area contributed by atoms with Crippen molar-refractivity contribution < 1.29 is 13.9 Å². The van der Waals surface area contributed by atoms with Crippen LogP contribution in [0.4, 0.5) is 14.5 Å². The fraction of sp³-hybridized carbons (Fsp3) is 0.250. The molecule has 1 heterocycles. The molecule has 3 N–H and O–H groups in total. The van der Waals surface area contributed by atoms with E-state index >= 15 is 0 Å². The van der Waals surface area contributed by atoms with Gasteiger partial charge in [-0.1, -0.05) is 0 Å². The highest BCUT2D eigenvalue weighted by molar-refractivity contribution is 5.54. The summed E-state index contributed by atoms with van der Waals surface area (Å²) in [7, 11) is 0. The number of rotatable bonds is 2. The van der Waals surface area contributed by atoms with Gasteiger partial charge in [0.05, 0.1) is 35.6 Å². The zero-order valence-electron chi connectivity index (χ0n) is 7.04. The van der Waals surface area contributed by atoms with E-state index in [1.807, 2.05) is 0 Å². The summed E-state index contributed by atoms with van der Waals surface area (Å²) in [6, 6.07) is 1.70. The maximum atomic E-state index is 12.4. The van der Waals surface area contributed by atoms with E-state index in [0.717, 1.165) is 6.20 Å². The largest absolute Gasteiger partial charge is 0.505 e. The van der Waals surface area contributed by atoms with Crippen LogP contribution in [0.3, 0.4) is 0 Å². The molecule has 0 saturated heterocycles. The third-order valence-electron chi connectivity index (χ3n) is 1.66. The van der Waals surface area contributed by atoms with Crippen molar-refractivity contribution >= 4 is 5.69 Å². The number of aromatic nitrogens is 1. The average Bonchev–Trinajstić information content (AvgIpc) is 2.10. The molecule has 0 aliphatic rings. The Morgan fingerprint density at radius 1 is 1.64 bits per heavy atom. The van der Waals surface area contributed by atoms with Gasteiger partial charge in [-0.3, -0.25) is 4.98 Å². The summed E-state index contributed by atoms with van der Waals surface area (Å²) in [6.45, 7) is 0. The van der Waals surface area contributed by atoms with Gasteiger partial charge in [-0.2, -0.15) is 5.26 Å². The van der Waals surface area contributed by atoms with Crippen LogP contribution in [0.5, 0.6) is 5.75 Å². The normalized spacial score (nSPS) is 10.1. The molecule has 0 saturated carbocycles. The van der Waals surface area contributed by atoms with Gasteiger partial charge in [-0.05, 0) is 0 Å². The number of nitriles is 1. The molecular formula is C8H7F2N3O. The minimum Gasteiger partial charge on any atom is -0.505 e. The van der Waals surface area contributed by atoms with Crippen molar-refractivity contribution in [3.05, 3.63) is 17.5 Å². The highest BCUT2D eigenvalue weighted by atomic mass is 19.3. The Morgan fingerprint density at radius 2 is 2.29 bits per heavy atom. The molecule has 0 aromatic carbocycles. The Balaban J connectivity index is 3.28. The summed E-state index contributed by atoms with van der Waals surface area (Å²) in [5, 5.41) is 17.6. The first-order chi connectivity index (χ1) is 6.57. The fourth-order valence-corrected chi connectivity index (χ4v) is 1.00. The van der Waals surface area contributed by atoms with Gasteiger partial charge in [0.25, 0.3) is 6.43 Å². The Labute approximate surface area is 78.6 Å². The minimum atomic E-state index is -2.88. The van der Waals surface area contributed by atoms with Gasteiger partial charge in [0.15, 0.2) is 0 Å². The molecule has 0 aliphatic carbocycles. The standard InChI is InChI=1S/C8H7F2N3O/c9-8(10)6-4(12)3-13-5(1-2-11)7(6)14/h3,8,14H,1,12H2. The third-order valence-corrected chi connectivity index (χ3v) is 1.66. The molecule has 0 unspecified atom stereocenters. The maximum Gasteiger partial charge on any atom is 0.269 e. The number of aromatic hydroxyl groups is 1. The maximum absolute atomic E-state index is 12.4. The molecule has 74 valence electrons. The van der Waals surface area contributed by atoms with Crippen molar-refractivity contribution in [2.75, 3.05) is 5.73 Å². The lowest BCUT2D eigenvalue weighted by Crippen LogP contribution is -2.00. The Kier molecular flexibility index (Phi) is 2.82. The van der Waals surface area contributed by atoms with Crippen LogP contribution in [0.15, 0.2) is 6.20 Å². The highest BCUT2D eigenvalue weighted by Gasteiger charge is 2.20. The summed E-state index contributed by atoms with van der Waals surface area (Å²) in [6.07, 6.45) is -2.10. The molecule has 4 nitrogen and oxygen atoms in total. The zero-order valence-corrected chi connectivity index (χ0v) is 7.04. The van der Waals surface area contributed by atoms with Crippen LogP contribution in [-0.2, 0) is 6.42 Å². The van der Waals surface area contributed by atoms with E-state index < -0.39 is 17.7 Å². The number of alkyl halides is 2. The Morgan fingerprint density at radius 3 is 2.79 bits per heavy atom. The summed E-state index contributed by atoms with van der Waals surface area (Å²) in [4.78, 5) is 3.58. The SMILES string of the molecule is N#CCc1ncc(N)c(C(F)F)c1O. The van der Waals surface area contributed by atoms with Crippen LogP contribution in [0.2, 0.25) is 0 Å². The first-order valence-electron chi connectivity index (χ1n) is 3.69. The predicted octanol–water partition coefficient (Wildman–Crippen LogP) is 1.37. The number of nitrogens with zero attached hydrogens (tertiary/aromatic N) is 2. The van der Waals surface area contributed by atoms with Crippen LogP contribution in [0.25, 0.3) is 0 Å². The lowest BCUT2D eigenvalue weighted by Gasteiger charge is -2.08. The second kappa shape index (κ2) is 3.87. The van der Waals surface area contributed by atoms with Gasteiger partial charge in [-0.15, -0.1) is 0 Å². The van der Waals surface area contributed by atoms with Crippen molar-refractivity contribution in [3.8, 4) is 11.8 Å². The first-order valence-corrected chi connectivity index (χ1v) is 3.69. The summed E-state index contributed by atoms with van der Waals surface area (Å²) in [5.74, 6) is -0.693. The molecule has 0 amide bonds. The monoisotopic (exact) mass is 199 g/mol. The third kappa shape index (κ3) is 1.71. The van der Waals surface area contributed by atoms with E-state index in [4.69, 9.17) is 11.0 Å². The second-order valence-electron chi connectivity index (χ2n) is 2.56. The molecular weight excluding hydrogens is 192 g/mol. The first kappa shape index (κ1) is 10.2. The van der Waals surface area contributed by atoms with Crippen molar-refractivity contribution in [2.24, 2.45) is 0 Å². The van der Waals surface area contributed by atoms with Crippen LogP contribution >= 0.6 is 0 Å². The molecule has 0 fully saturated rings. The molecule has 14 heavy (non-hydrogen) atoms. The Bertz CT molecular complexity index is 387. The molecule has 1 aromatic heterocycles. The number of pyridine rings is 1. The van der Waals surface area contributed by atoms with Gasteiger partial charge in [0.2, 0.25) is 0 Å². The fourth-order valence-electron chi connectivity index (χ4n) is 1.00. The summed E-state index contributed by atoms with van der Waals surface area (Å²) >= 11 is 0. The summed E-state index contributed by atoms with van der Waals surface area (Å²) < 4.78 is 24.7. The van der Waals surface area contributed by atoms with Crippen molar-refractivity contribution in [3.63, 3.8) is 0 Å². The van der Waals surface area contributed by atoms with E-state index in [-0.39, 0.29) is 17.8 Å². The number of nitrogens with two attached hydrogens (primary N) is 1. The van der Waals surface area contributed by atoms with Crippen LogP contribution in [0, 0.1) is 11.3 Å². The number of halogens is 2. The van der Waals surface area contributed by atoms with E-state index in [2.05, 4.69) is 4.98 Å². The number of anilines is 1. The lowest BCUT2D eigenvalue weighted by molar-refractivity contribution is 0.148. The quantitative estimate of drug-likeness (QED) is 0.753. The molecule has 0 aliphatic heterocycles. The van der Waals surface area contributed by atoms with Crippen molar-refractivity contribution in [1.82, 2.24) is 4.98 Å². The Hall–Kier alpha value is -1.90. The highest BCUT2D eigenvalue weighted by Crippen LogP contribution is 2.34. The smallest absolute Gasteiger partial charge is 0.269 e. The van der Waals surface area contributed by atoms with Crippen molar-refractivity contribution in [2.45, 2.75) is 12.8 Å². The molecule has 0 bridgehead atoms. The zero-order chi connectivity index (χ0) is 10.7. The predicted molar refractivity (Wildman–Crippen MR) is 44.6 cm³/mol. The van der Waals surface area contributed by atoms with Crippen LogP contribution in [-0.4, -0.2) is 10.1 Å². The van der Waals surface area contributed by atoms with E-state index in [1.54, 1.807) is 6.07 Å². The second-order valence-corrected chi connectivity index (χ2v) is 2.56. The molecule has 6 heteroatoms. The number of hydrogen-bond donors (Lipinski definition) is 2. The van der Waals surface area contributed by atoms with Crippen molar-refractivity contribution in [1.29, 1.82) is 5.26 Å². The number of nitrogen functional groups attached to an aromatic ring is 1. The molecule has 0 radical (unpaired) electrons. The topological polar surface area (TPSA) is 82.9 Å². The van der Waals surface area contributed by atoms with E-state index in [1.165, 1.54) is 0 Å².